The molecule has 23 heavy (non-hydrogen) atoms. The van der Waals surface area contributed by atoms with E-state index in [1.165, 1.54) is 12.5 Å². The Morgan fingerprint density at radius 1 is 1.30 bits per heavy atom. The third-order valence-corrected chi connectivity index (χ3v) is 6.05. The maximum atomic E-state index is 12.0. The Kier molecular flexibility index (Phi) is 4.03. The molecule has 0 aromatic carbocycles. The van der Waals surface area contributed by atoms with E-state index in [9.17, 15) is 13.2 Å². The van der Waals surface area contributed by atoms with Gasteiger partial charge in [0.1, 0.15) is 10.7 Å². The molecular weight excluding hydrogens is 316 g/mol. The van der Waals surface area contributed by atoms with Crippen LogP contribution in [0.1, 0.15) is 25.1 Å². The monoisotopic (exact) mass is 338 g/mol. The number of hydrogen-bond donors (Lipinski definition) is 1. The van der Waals surface area contributed by atoms with Crippen LogP contribution in [0.2, 0.25) is 0 Å². The summed E-state index contributed by atoms with van der Waals surface area (Å²) in [4.78, 5) is 22.1. The Balaban J connectivity index is 1.88. The molecule has 0 bridgehead atoms. The van der Waals surface area contributed by atoms with Gasteiger partial charge in [0.15, 0.2) is 15.7 Å². The number of sulfone groups is 1. The van der Waals surface area contributed by atoms with Gasteiger partial charge in [-0.25, -0.2) is 18.4 Å². The first-order valence-corrected chi connectivity index (χ1v) is 9.68. The molecule has 1 aromatic heterocycles. The highest BCUT2D eigenvalue weighted by Gasteiger charge is 2.40. The van der Waals surface area contributed by atoms with Crippen LogP contribution in [0.25, 0.3) is 0 Å². The van der Waals surface area contributed by atoms with Gasteiger partial charge in [0.2, 0.25) is 5.91 Å². The predicted molar refractivity (Wildman–Crippen MR) is 85.9 cm³/mol. The number of carbonyl (C=O) groups excluding carboxylic acids is 1. The van der Waals surface area contributed by atoms with Crippen LogP contribution in [0.15, 0.2) is 11.1 Å². The fourth-order valence-corrected chi connectivity index (χ4v) is 4.45. The van der Waals surface area contributed by atoms with Crippen molar-refractivity contribution in [2.45, 2.75) is 37.1 Å². The van der Waals surface area contributed by atoms with Crippen molar-refractivity contribution in [2.75, 3.05) is 24.7 Å². The summed E-state index contributed by atoms with van der Waals surface area (Å²) >= 11 is 0. The molecule has 0 radical (unpaired) electrons. The number of rotatable bonds is 3. The van der Waals surface area contributed by atoms with Crippen molar-refractivity contribution in [3.63, 3.8) is 0 Å². The second-order valence-electron chi connectivity index (χ2n) is 6.64. The molecule has 3 rings (SSSR count). The zero-order valence-corrected chi connectivity index (χ0v) is 14.4. The maximum absolute atomic E-state index is 12.0. The van der Waals surface area contributed by atoms with Crippen molar-refractivity contribution in [3.8, 4) is 0 Å². The molecule has 2 aliphatic rings. The summed E-state index contributed by atoms with van der Waals surface area (Å²) in [6.07, 6.45) is 4.96. The van der Waals surface area contributed by atoms with Crippen molar-refractivity contribution < 1.29 is 13.2 Å². The van der Waals surface area contributed by atoms with Crippen LogP contribution in [-0.2, 0) is 14.6 Å². The highest BCUT2D eigenvalue weighted by molar-refractivity contribution is 7.90. The van der Waals surface area contributed by atoms with Crippen LogP contribution in [0.4, 0.5) is 5.82 Å². The molecule has 1 saturated heterocycles. The maximum Gasteiger partial charge on any atom is 0.220 e. The molecule has 1 aliphatic carbocycles. The number of amides is 1. The Hall–Kier alpha value is -1.70. The van der Waals surface area contributed by atoms with Gasteiger partial charge in [-0.1, -0.05) is 0 Å². The van der Waals surface area contributed by atoms with E-state index >= 15 is 0 Å². The SMILES string of the molecule is Cc1ncc(S(C)(=O)=O)c(N(C)[C@H]2C[C@H]3CC(=O)NC[C@H]3C2)n1. The number of nitrogens with one attached hydrogen (secondary N) is 1. The molecule has 7 nitrogen and oxygen atoms in total. The molecular formula is C15H22N4O3S. The van der Waals surface area contributed by atoms with Crippen molar-refractivity contribution in [1.82, 2.24) is 15.3 Å². The number of aromatic nitrogens is 2. The first-order valence-electron chi connectivity index (χ1n) is 7.79. The van der Waals surface area contributed by atoms with Gasteiger partial charge in [-0.3, -0.25) is 4.79 Å². The van der Waals surface area contributed by atoms with Crippen LogP contribution >= 0.6 is 0 Å². The molecule has 1 saturated carbocycles. The van der Waals surface area contributed by atoms with E-state index in [4.69, 9.17) is 0 Å². The third kappa shape index (κ3) is 3.17. The minimum atomic E-state index is -3.39. The molecule has 1 amide bonds. The smallest absolute Gasteiger partial charge is 0.220 e. The molecule has 1 aromatic rings. The van der Waals surface area contributed by atoms with Crippen molar-refractivity contribution >= 4 is 21.6 Å². The number of piperidine rings is 1. The van der Waals surface area contributed by atoms with Gasteiger partial charge in [-0.15, -0.1) is 0 Å². The van der Waals surface area contributed by atoms with E-state index in [0.717, 1.165) is 19.4 Å². The van der Waals surface area contributed by atoms with Gasteiger partial charge in [-0.05, 0) is 31.6 Å². The second-order valence-corrected chi connectivity index (χ2v) is 8.63. The van der Waals surface area contributed by atoms with E-state index in [0.29, 0.717) is 29.9 Å². The number of fused-ring (bicyclic) bond motifs is 1. The quantitative estimate of drug-likeness (QED) is 0.865. The molecule has 0 unspecified atom stereocenters. The Bertz CT molecular complexity index is 734. The van der Waals surface area contributed by atoms with Gasteiger partial charge in [0.05, 0.1) is 6.20 Å². The number of anilines is 1. The molecule has 8 heteroatoms. The van der Waals surface area contributed by atoms with Crippen molar-refractivity contribution in [1.29, 1.82) is 0 Å². The third-order valence-electron chi connectivity index (χ3n) is 4.96. The van der Waals surface area contributed by atoms with E-state index < -0.39 is 9.84 Å². The lowest BCUT2D eigenvalue weighted by Crippen LogP contribution is -2.38. The standard InChI is InChI=1S/C15H22N4O3S/c1-9-16-8-13(23(3,21)22)15(18-9)19(2)12-4-10-6-14(20)17-7-11(10)5-12/h8,10-12H,4-7H2,1-3H3,(H,17,20)/t10-,11+,12-/m0/s1. The molecule has 2 fully saturated rings. The zero-order chi connectivity index (χ0) is 16.8. The van der Waals surface area contributed by atoms with Crippen LogP contribution in [0.3, 0.4) is 0 Å². The summed E-state index contributed by atoms with van der Waals surface area (Å²) in [6, 6.07) is 0.188. The van der Waals surface area contributed by atoms with E-state index in [-0.39, 0.29) is 16.8 Å². The Morgan fingerprint density at radius 3 is 2.70 bits per heavy atom. The first-order chi connectivity index (χ1) is 10.8. The van der Waals surface area contributed by atoms with Crippen LogP contribution in [-0.4, -0.2) is 50.2 Å². The number of hydrogen-bond acceptors (Lipinski definition) is 6. The summed E-state index contributed by atoms with van der Waals surface area (Å²) in [5.41, 5.74) is 0. The summed E-state index contributed by atoms with van der Waals surface area (Å²) in [5, 5.41) is 2.92. The minimum Gasteiger partial charge on any atom is -0.356 e. The van der Waals surface area contributed by atoms with Gasteiger partial charge in [0, 0.05) is 32.3 Å². The molecule has 3 atom stereocenters. The van der Waals surface area contributed by atoms with Crippen LogP contribution in [0.5, 0.6) is 0 Å². The second kappa shape index (κ2) is 5.74. The summed E-state index contributed by atoms with van der Waals surface area (Å²) in [7, 11) is -1.51. The average Bonchev–Trinajstić information content (AvgIpc) is 2.88. The molecule has 1 N–H and O–H groups in total. The van der Waals surface area contributed by atoms with Crippen molar-refractivity contribution in [2.24, 2.45) is 11.8 Å². The van der Waals surface area contributed by atoms with Crippen LogP contribution < -0.4 is 10.2 Å². The highest BCUT2D eigenvalue weighted by atomic mass is 32.2. The summed E-state index contributed by atoms with van der Waals surface area (Å²) < 4.78 is 24.0. The fourth-order valence-electron chi connectivity index (χ4n) is 3.69. The fraction of sp³-hybridized carbons (Fsp3) is 0.667. The molecule has 126 valence electrons. The number of carbonyl (C=O) groups is 1. The lowest BCUT2D eigenvalue weighted by atomic mass is 9.89. The molecule has 2 heterocycles. The number of aryl methyl sites for hydroxylation is 1. The average molecular weight is 338 g/mol. The normalized spacial score (nSPS) is 27.4. The first kappa shape index (κ1) is 16.2. The van der Waals surface area contributed by atoms with Crippen LogP contribution in [0, 0.1) is 18.8 Å². The van der Waals surface area contributed by atoms with Gasteiger partial charge in [-0.2, -0.15) is 0 Å². The van der Waals surface area contributed by atoms with E-state index in [1.54, 1.807) is 6.92 Å². The van der Waals surface area contributed by atoms with E-state index in [1.807, 2.05) is 11.9 Å². The Morgan fingerprint density at radius 2 is 2.00 bits per heavy atom. The van der Waals surface area contributed by atoms with Gasteiger partial charge < -0.3 is 10.2 Å². The van der Waals surface area contributed by atoms with E-state index in [2.05, 4.69) is 15.3 Å². The Labute approximate surface area is 136 Å². The lowest BCUT2D eigenvalue weighted by Gasteiger charge is -2.27. The largest absolute Gasteiger partial charge is 0.356 e. The zero-order valence-electron chi connectivity index (χ0n) is 13.6. The van der Waals surface area contributed by atoms with Crippen molar-refractivity contribution in [3.05, 3.63) is 12.0 Å². The predicted octanol–water partition coefficient (Wildman–Crippen LogP) is 0.539. The minimum absolute atomic E-state index is 0.115. The van der Waals surface area contributed by atoms with Gasteiger partial charge >= 0.3 is 0 Å². The van der Waals surface area contributed by atoms with Gasteiger partial charge in [0.25, 0.3) is 0 Å². The summed E-state index contributed by atoms with van der Waals surface area (Å²) in [6.45, 7) is 2.47. The highest BCUT2D eigenvalue weighted by Crippen LogP contribution is 2.39. The topological polar surface area (TPSA) is 92.3 Å². The lowest BCUT2D eigenvalue weighted by molar-refractivity contribution is -0.124. The molecule has 1 aliphatic heterocycles. The molecule has 0 spiro atoms. The number of nitrogens with zero attached hydrogens (tertiary/aromatic N) is 3. The summed E-state index contributed by atoms with van der Waals surface area (Å²) in [5.74, 6) is 1.96.